The lowest BCUT2D eigenvalue weighted by atomic mass is 10.1. The van der Waals surface area contributed by atoms with Crippen molar-refractivity contribution in [2.24, 2.45) is 0 Å². The fourth-order valence-corrected chi connectivity index (χ4v) is 2.16. The van der Waals surface area contributed by atoms with E-state index >= 15 is 0 Å². The van der Waals surface area contributed by atoms with Crippen LogP contribution in [0.5, 0.6) is 5.75 Å². The van der Waals surface area contributed by atoms with E-state index in [-0.39, 0.29) is 16.7 Å². The summed E-state index contributed by atoms with van der Waals surface area (Å²) in [5.41, 5.74) is 2.00. The number of anilines is 1. The van der Waals surface area contributed by atoms with Gasteiger partial charge in [0.25, 0.3) is 5.91 Å². The second-order valence-electron chi connectivity index (χ2n) is 4.08. The molecule has 5 heteroatoms. The Morgan fingerprint density at radius 2 is 2.00 bits per heavy atom. The van der Waals surface area contributed by atoms with Crippen molar-refractivity contribution in [3.05, 3.63) is 57.0 Å². The molecule has 2 aromatic rings. The largest absolute Gasteiger partial charge is 0.506 e. The highest BCUT2D eigenvalue weighted by Crippen LogP contribution is 2.26. The van der Waals surface area contributed by atoms with Crippen LogP contribution in [0.3, 0.4) is 0 Å². The Labute approximate surface area is 124 Å². The summed E-state index contributed by atoms with van der Waals surface area (Å²) in [6.07, 6.45) is 0. The third-order valence-corrected chi connectivity index (χ3v) is 3.45. The topological polar surface area (TPSA) is 49.3 Å². The summed E-state index contributed by atoms with van der Waals surface area (Å²) in [6.45, 7) is 1.87. The minimum Gasteiger partial charge on any atom is -0.506 e. The summed E-state index contributed by atoms with van der Waals surface area (Å²) in [5, 5.41) is 12.3. The maximum absolute atomic E-state index is 12.1. The molecule has 0 atom stereocenters. The van der Waals surface area contributed by atoms with Crippen LogP contribution in [0.2, 0.25) is 5.02 Å². The monoisotopic (exact) mass is 339 g/mol. The molecular formula is C14H11BrClNO2. The molecule has 0 bridgehead atoms. The second kappa shape index (κ2) is 5.63. The number of hydrogen-bond acceptors (Lipinski definition) is 2. The van der Waals surface area contributed by atoms with Crippen LogP contribution in [0, 0.1) is 6.92 Å². The summed E-state index contributed by atoms with van der Waals surface area (Å²) >= 11 is 9.13. The van der Waals surface area contributed by atoms with Crippen molar-refractivity contribution >= 4 is 39.1 Å². The quantitative estimate of drug-likeness (QED) is 0.798. The molecule has 0 heterocycles. The number of benzene rings is 2. The molecule has 0 saturated heterocycles. The Bertz CT molecular complexity index is 643. The van der Waals surface area contributed by atoms with Crippen molar-refractivity contribution < 1.29 is 9.90 Å². The molecule has 0 aliphatic carbocycles. The van der Waals surface area contributed by atoms with E-state index in [0.29, 0.717) is 11.3 Å². The summed E-state index contributed by atoms with van der Waals surface area (Å²) in [5.74, 6) is -0.237. The molecule has 0 spiro atoms. The van der Waals surface area contributed by atoms with Gasteiger partial charge in [-0.15, -0.1) is 0 Å². The maximum atomic E-state index is 12.1. The minimum atomic E-state index is -0.222. The number of amides is 1. The number of aryl methyl sites for hydroxylation is 1. The fraction of sp³-hybridized carbons (Fsp3) is 0.0714. The first kappa shape index (κ1) is 13.9. The molecule has 2 N–H and O–H groups in total. The highest BCUT2D eigenvalue weighted by atomic mass is 79.9. The summed E-state index contributed by atoms with van der Waals surface area (Å²) in [4.78, 5) is 12.1. The third-order valence-electron chi connectivity index (χ3n) is 2.65. The van der Waals surface area contributed by atoms with Crippen molar-refractivity contribution in [1.29, 1.82) is 0 Å². The van der Waals surface area contributed by atoms with E-state index in [1.807, 2.05) is 19.1 Å². The summed E-state index contributed by atoms with van der Waals surface area (Å²) in [6, 6.07) is 10.0. The highest BCUT2D eigenvalue weighted by Gasteiger charge is 2.10. The molecule has 0 fully saturated rings. The zero-order valence-corrected chi connectivity index (χ0v) is 12.4. The van der Waals surface area contributed by atoms with Gasteiger partial charge < -0.3 is 10.4 Å². The fourth-order valence-electron chi connectivity index (χ4n) is 1.62. The van der Waals surface area contributed by atoms with Crippen LogP contribution in [-0.4, -0.2) is 11.0 Å². The van der Waals surface area contributed by atoms with Crippen LogP contribution in [-0.2, 0) is 0 Å². The van der Waals surface area contributed by atoms with Crippen LogP contribution in [0.15, 0.2) is 40.9 Å². The molecule has 2 aromatic carbocycles. The van der Waals surface area contributed by atoms with Gasteiger partial charge in [-0.25, -0.2) is 0 Å². The van der Waals surface area contributed by atoms with E-state index in [2.05, 4.69) is 21.2 Å². The normalized spacial score (nSPS) is 10.3. The molecule has 0 unspecified atom stereocenters. The lowest BCUT2D eigenvalue weighted by Crippen LogP contribution is -2.13. The Morgan fingerprint density at radius 3 is 2.68 bits per heavy atom. The van der Waals surface area contributed by atoms with Gasteiger partial charge in [-0.3, -0.25) is 4.79 Å². The van der Waals surface area contributed by atoms with Gasteiger partial charge in [0.1, 0.15) is 5.75 Å². The summed E-state index contributed by atoms with van der Waals surface area (Å²) in [7, 11) is 0. The molecule has 2 rings (SSSR count). The Morgan fingerprint density at radius 1 is 1.26 bits per heavy atom. The van der Waals surface area contributed by atoms with Crippen molar-refractivity contribution in [2.45, 2.75) is 6.92 Å². The number of phenolic OH excluding ortho intramolecular Hbond substituents is 1. The number of carbonyl (C=O) groups excluding carboxylic acids is 1. The van der Waals surface area contributed by atoms with Gasteiger partial charge in [0.05, 0.1) is 5.02 Å². The van der Waals surface area contributed by atoms with E-state index in [4.69, 9.17) is 11.6 Å². The van der Waals surface area contributed by atoms with Gasteiger partial charge in [-0.05, 0) is 42.8 Å². The molecule has 1 amide bonds. The molecule has 0 aromatic heterocycles. The number of phenols is 1. The molecule has 0 saturated carbocycles. The standard InChI is InChI=1S/C14H11BrClNO2/c1-8-2-3-9(15)6-11(8)14(19)17-10-4-5-13(18)12(16)7-10/h2-7,18H,1H3,(H,17,19). The second-order valence-corrected chi connectivity index (χ2v) is 5.40. The van der Waals surface area contributed by atoms with Crippen LogP contribution in [0.4, 0.5) is 5.69 Å². The predicted molar refractivity (Wildman–Crippen MR) is 79.9 cm³/mol. The average Bonchev–Trinajstić information content (AvgIpc) is 2.36. The molecule has 3 nitrogen and oxygen atoms in total. The van der Waals surface area contributed by atoms with Crippen molar-refractivity contribution in [3.63, 3.8) is 0 Å². The van der Waals surface area contributed by atoms with Crippen molar-refractivity contribution in [2.75, 3.05) is 5.32 Å². The Hall–Kier alpha value is -1.52. The zero-order chi connectivity index (χ0) is 14.0. The van der Waals surface area contributed by atoms with Crippen LogP contribution in [0.25, 0.3) is 0 Å². The number of aromatic hydroxyl groups is 1. The predicted octanol–water partition coefficient (Wildman–Crippen LogP) is 4.37. The van der Waals surface area contributed by atoms with E-state index < -0.39 is 0 Å². The number of hydrogen-bond donors (Lipinski definition) is 2. The van der Waals surface area contributed by atoms with Gasteiger partial charge in [0, 0.05) is 15.7 Å². The van der Waals surface area contributed by atoms with E-state index in [1.165, 1.54) is 12.1 Å². The smallest absolute Gasteiger partial charge is 0.255 e. The van der Waals surface area contributed by atoms with Gasteiger partial charge in [0.2, 0.25) is 0 Å². The molecule has 19 heavy (non-hydrogen) atoms. The zero-order valence-electron chi connectivity index (χ0n) is 10.1. The van der Waals surface area contributed by atoms with E-state index in [9.17, 15) is 9.90 Å². The van der Waals surface area contributed by atoms with Gasteiger partial charge in [-0.2, -0.15) is 0 Å². The number of rotatable bonds is 2. The SMILES string of the molecule is Cc1ccc(Br)cc1C(=O)Nc1ccc(O)c(Cl)c1. The molecular weight excluding hydrogens is 330 g/mol. The molecule has 0 aliphatic rings. The molecule has 0 radical (unpaired) electrons. The lowest BCUT2D eigenvalue weighted by molar-refractivity contribution is 0.102. The van der Waals surface area contributed by atoms with Crippen LogP contribution in [0.1, 0.15) is 15.9 Å². The van der Waals surface area contributed by atoms with Crippen LogP contribution >= 0.6 is 27.5 Å². The molecule has 98 valence electrons. The average molecular weight is 341 g/mol. The third kappa shape index (κ3) is 3.28. The van der Waals surface area contributed by atoms with Gasteiger partial charge in [0.15, 0.2) is 0 Å². The maximum Gasteiger partial charge on any atom is 0.255 e. The van der Waals surface area contributed by atoms with Gasteiger partial charge >= 0.3 is 0 Å². The highest BCUT2D eigenvalue weighted by molar-refractivity contribution is 9.10. The van der Waals surface area contributed by atoms with E-state index in [1.54, 1.807) is 12.1 Å². The number of carbonyl (C=O) groups is 1. The van der Waals surface area contributed by atoms with Gasteiger partial charge in [-0.1, -0.05) is 33.6 Å². The first-order chi connectivity index (χ1) is 8.97. The minimum absolute atomic E-state index is 0.0155. The molecule has 0 aliphatic heterocycles. The summed E-state index contributed by atoms with van der Waals surface area (Å²) < 4.78 is 0.840. The lowest BCUT2D eigenvalue weighted by Gasteiger charge is -2.09. The van der Waals surface area contributed by atoms with Crippen molar-refractivity contribution in [1.82, 2.24) is 0 Å². The van der Waals surface area contributed by atoms with Crippen molar-refractivity contribution in [3.8, 4) is 5.75 Å². The number of nitrogens with one attached hydrogen (secondary N) is 1. The first-order valence-electron chi connectivity index (χ1n) is 5.53. The Kier molecular flexibility index (Phi) is 4.12. The Balaban J connectivity index is 2.25. The number of halogens is 2. The first-order valence-corrected chi connectivity index (χ1v) is 6.70. The van der Waals surface area contributed by atoms with E-state index in [0.717, 1.165) is 10.0 Å². The van der Waals surface area contributed by atoms with Crippen LogP contribution < -0.4 is 5.32 Å².